The van der Waals surface area contributed by atoms with Crippen LogP contribution in [-0.4, -0.2) is 48.2 Å². The molecule has 2 heterocycles. The van der Waals surface area contributed by atoms with E-state index in [-0.39, 0.29) is 5.56 Å². The number of likely N-dealkylation sites (N-methyl/N-ethyl adjacent to an activating group) is 1. The molecule has 7 heteroatoms. The summed E-state index contributed by atoms with van der Waals surface area (Å²) >= 11 is 0. The maximum atomic E-state index is 13.2. The molecule has 1 fully saturated rings. The number of hydrogen-bond donors (Lipinski definition) is 1. The van der Waals surface area contributed by atoms with E-state index in [0.717, 1.165) is 13.1 Å². The molecule has 0 spiro atoms. The topological polar surface area (TPSA) is 39.6 Å². The lowest BCUT2D eigenvalue weighted by Gasteiger charge is -2.34. The summed E-state index contributed by atoms with van der Waals surface area (Å²) < 4.78 is 39.6. The number of pyridine rings is 1. The Hall–Kier alpha value is -1.34. The van der Waals surface area contributed by atoms with E-state index in [0.29, 0.717) is 18.9 Å². The fourth-order valence-electron chi connectivity index (χ4n) is 2.37. The number of alkyl halides is 3. The van der Waals surface area contributed by atoms with E-state index in [1.54, 1.807) is 6.07 Å². The van der Waals surface area contributed by atoms with E-state index in [4.69, 9.17) is 0 Å². The van der Waals surface area contributed by atoms with E-state index >= 15 is 0 Å². The number of anilines is 1. The highest BCUT2D eigenvalue weighted by Crippen LogP contribution is 2.36. The van der Waals surface area contributed by atoms with Gasteiger partial charge in [0.15, 0.2) is 5.69 Å². The summed E-state index contributed by atoms with van der Waals surface area (Å²) in [5.41, 5.74) is -2.79. The maximum absolute atomic E-state index is 13.2. The van der Waals surface area contributed by atoms with Gasteiger partial charge in [0.05, 0.1) is 5.60 Å². The van der Waals surface area contributed by atoms with Crippen molar-refractivity contribution in [2.75, 3.05) is 38.1 Å². The molecule has 0 unspecified atom stereocenters. The number of hydrogen-bond acceptors (Lipinski definition) is 4. The van der Waals surface area contributed by atoms with Crippen molar-refractivity contribution in [1.29, 1.82) is 0 Å². The molecule has 1 saturated heterocycles. The Morgan fingerprint density at radius 2 is 1.67 bits per heavy atom. The molecule has 2 rings (SSSR count). The second-order valence-electron chi connectivity index (χ2n) is 5.91. The normalized spacial score (nSPS) is 18.1. The molecule has 1 aromatic heterocycles. The lowest BCUT2D eigenvalue weighted by Crippen LogP contribution is -2.45. The molecular formula is C14H20F3N3O. The number of aromatic nitrogens is 1. The van der Waals surface area contributed by atoms with E-state index in [9.17, 15) is 18.3 Å². The van der Waals surface area contributed by atoms with Gasteiger partial charge in [0.25, 0.3) is 0 Å². The second kappa shape index (κ2) is 5.46. The highest BCUT2D eigenvalue weighted by molar-refractivity contribution is 5.44. The third-order valence-electron chi connectivity index (χ3n) is 3.64. The largest absolute Gasteiger partial charge is 0.433 e. The summed E-state index contributed by atoms with van der Waals surface area (Å²) in [6, 6.07) is 2.87. The Bertz CT molecular complexity index is 503. The standard InChI is InChI=1S/C14H20F3N3O/c1-13(2,21)10-4-5-11(18-12(10)14(15,16)17)20-8-6-19(3)7-9-20/h4-5,21H,6-9H2,1-3H3. The van der Waals surface area contributed by atoms with Crippen molar-refractivity contribution in [2.45, 2.75) is 25.6 Å². The fourth-order valence-corrected chi connectivity index (χ4v) is 2.37. The van der Waals surface area contributed by atoms with Gasteiger partial charge in [-0.2, -0.15) is 13.2 Å². The summed E-state index contributed by atoms with van der Waals surface area (Å²) in [7, 11) is 1.98. The SMILES string of the molecule is CN1CCN(c2ccc(C(C)(C)O)c(C(F)(F)F)n2)CC1. The number of halogens is 3. The van der Waals surface area contributed by atoms with Crippen molar-refractivity contribution in [3.05, 3.63) is 23.4 Å². The summed E-state index contributed by atoms with van der Waals surface area (Å²) in [4.78, 5) is 7.74. The number of rotatable bonds is 2. The molecule has 0 amide bonds. The van der Waals surface area contributed by atoms with Crippen LogP contribution in [0.2, 0.25) is 0 Å². The monoisotopic (exact) mass is 303 g/mol. The van der Waals surface area contributed by atoms with Crippen LogP contribution >= 0.6 is 0 Å². The van der Waals surface area contributed by atoms with E-state index in [2.05, 4.69) is 9.88 Å². The summed E-state index contributed by atoms with van der Waals surface area (Å²) in [6.07, 6.45) is -4.59. The minimum atomic E-state index is -4.59. The van der Waals surface area contributed by atoms with Gasteiger partial charge < -0.3 is 14.9 Å². The molecule has 118 valence electrons. The molecule has 0 saturated carbocycles. The summed E-state index contributed by atoms with van der Waals surface area (Å²) in [5, 5.41) is 9.91. The van der Waals surface area contributed by atoms with Gasteiger partial charge in [0.1, 0.15) is 5.82 Å². The van der Waals surface area contributed by atoms with E-state index < -0.39 is 17.5 Å². The van der Waals surface area contributed by atoms with Gasteiger partial charge in [-0.05, 0) is 27.0 Å². The van der Waals surface area contributed by atoms with Gasteiger partial charge >= 0.3 is 6.18 Å². The van der Waals surface area contributed by atoms with Crippen molar-refractivity contribution in [3.8, 4) is 0 Å². The van der Waals surface area contributed by atoms with Crippen LogP contribution in [0.1, 0.15) is 25.1 Å². The van der Waals surface area contributed by atoms with Crippen molar-refractivity contribution in [1.82, 2.24) is 9.88 Å². The van der Waals surface area contributed by atoms with Crippen LogP contribution < -0.4 is 4.90 Å². The molecule has 0 radical (unpaired) electrons. The zero-order valence-corrected chi connectivity index (χ0v) is 12.4. The van der Waals surface area contributed by atoms with Crippen LogP contribution in [0.3, 0.4) is 0 Å². The van der Waals surface area contributed by atoms with Gasteiger partial charge in [-0.3, -0.25) is 0 Å². The Labute approximate surface area is 122 Å². The third kappa shape index (κ3) is 3.65. The molecule has 0 atom stereocenters. The lowest BCUT2D eigenvalue weighted by atomic mass is 9.96. The molecule has 1 aliphatic heterocycles. The van der Waals surface area contributed by atoms with Crippen LogP contribution in [0, 0.1) is 0 Å². The minimum absolute atomic E-state index is 0.201. The fraction of sp³-hybridized carbons (Fsp3) is 0.643. The van der Waals surface area contributed by atoms with Crippen LogP contribution in [0.4, 0.5) is 19.0 Å². The number of nitrogens with zero attached hydrogens (tertiary/aromatic N) is 3. The Balaban J connectivity index is 2.38. The molecule has 4 nitrogen and oxygen atoms in total. The van der Waals surface area contributed by atoms with Crippen molar-refractivity contribution < 1.29 is 18.3 Å². The van der Waals surface area contributed by atoms with Gasteiger partial charge in [-0.1, -0.05) is 6.07 Å². The van der Waals surface area contributed by atoms with Crippen LogP contribution in [0.5, 0.6) is 0 Å². The molecule has 0 aliphatic carbocycles. The van der Waals surface area contributed by atoms with Crippen LogP contribution in [-0.2, 0) is 11.8 Å². The Morgan fingerprint density at radius 1 is 1.10 bits per heavy atom. The number of aliphatic hydroxyl groups is 1. The predicted octanol–water partition coefficient (Wildman–Crippen LogP) is 2.08. The van der Waals surface area contributed by atoms with Crippen LogP contribution in [0.15, 0.2) is 12.1 Å². The second-order valence-corrected chi connectivity index (χ2v) is 5.91. The first-order chi connectivity index (χ1) is 9.59. The van der Waals surface area contributed by atoms with E-state index in [1.807, 2.05) is 11.9 Å². The molecule has 1 aliphatic rings. The minimum Gasteiger partial charge on any atom is -0.386 e. The zero-order valence-electron chi connectivity index (χ0n) is 12.4. The first-order valence-electron chi connectivity index (χ1n) is 6.83. The van der Waals surface area contributed by atoms with Gasteiger partial charge in [0, 0.05) is 31.7 Å². The molecule has 0 aromatic carbocycles. The quantitative estimate of drug-likeness (QED) is 0.908. The first kappa shape index (κ1) is 16.0. The Kier molecular flexibility index (Phi) is 4.17. The predicted molar refractivity (Wildman–Crippen MR) is 74.2 cm³/mol. The van der Waals surface area contributed by atoms with Crippen molar-refractivity contribution in [3.63, 3.8) is 0 Å². The third-order valence-corrected chi connectivity index (χ3v) is 3.64. The summed E-state index contributed by atoms with van der Waals surface area (Å²) in [5.74, 6) is 0.309. The average molecular weight is 303 g/mol. The van der Waals surface area contributed by atoms with Gasteiger partial charge in [0.2, 0.25) is 0 Å². The van der Waals surface area contributed by atoms with Crippen LogP contribution in [0.25, 0.3) is 0 Å². The van der Waals surface area contributed by atoms with Gasteiger partial charge in [-0.25, -0.2) is 4.98 Å². The average Bonchev–Trinajstić information content (AvgIpc) is 2.37. The highest BCUT2D eigenvalue weighted by atomic mass is 19.4. The zero-order chi connectivity index (χ0) is 15.8. The highest BCUT2D eigenvalue weighted by Gasteiger charge is 2.39. The van der Waals surface area contributed by atoms with Gasteiger partial charge in [-0.15, -0.1) is 0 Å². The molecule has 21 heavy (non-hydrogen) atoms. The molecule has 0 bridgehead atoms. The van der Waals surface area contributed by atoms with E-state index in [1.165, 1.54) is 19.9 Å². The number of piperazine rings is 1. The lowest BCUT2D eigenvalue weighted by molar-refractivity contribution is -0.143. The summed E-state index contributed by atoms with van der Waals surface area (Å²) in [6.45, 7) is 5.52. The molecule has 1 N–H and O–H groups in total. The molecular weight excluding hydrogens is 283 g/mol. The smallest absolute Gasteiger partial charge is 0.386 e. The maximum Gasteiger partial charge on any atom is 0.433 e. The first-order valence-corrected chi connectivity index (χ1v) is 6.83. The van der Waals surface area contributed by atoms with Crippen molar-refractivity contribution in [2.24, 2.45) is 0 Å². The molecule has 1 aromatic rings. The van der Waals surface area contributed by atoms with Crippen molar-refractivity contribution >= 4 is 5.82 Å². The Morgan fingerprint density at radius 3 is 2.14 bits per heavy atom.